The van der Waals surface area contributed by atoms with Crippen LogP contribution in [0, 0.1) is 19.8 Å². The quantitative estimate of drug-likeness (QED) is 0.865. The predicted octanol–water partition coefficient (Wildman–Crippen LogP) is 1.92. The van der Waals surface area contributed by atoms with Crippen molar-refractivity contribution in [3.8, 4) is 5.75 Å². The van der Waals surface area contributed by atoms with Crippen LogP contribution >= 0.6 is 0 Å². The maximum absolute atomic E-state index is 12.5. The molecule has 2 rings (SSSR count). The first-order valence-corrected chi connectivity index (χ1v) is 7.70. The van der Waals surface area contributed by atoms with Crippen LogP contribution in [0.1, 0.15) is 34.3 Å². The molecule has 0 bridgehead atoms. The molecule has 0 radical (unpaired) electrons. The van der Waals surface area contributed by atoms with E-state index in [1.54, 1.807) is 19.2 Å². The summed E-state index contributed by atoms with van der Waals surface area (Å²) in [5.74, 6) is -0.893. The second kappa shape index (κ2) is 7.46. The summed E-state index contributed by atoms with van der Waals surface area (Å²) in [6.45, 7) is 4.71. The van der Waals surface area contributed by atoms with E-state index in [-0.39, 0.29) is 5.92 Å². The molecular weight excluding hydrogens is 298 g/mol. The number of hydrogen-bond donors (Lipinski definition) is 2. The first kappa shape index (κ1) is 17.3. The standard InChI is InChI=1S/C17H23NO5/c1-10-7-13(8-11(2)15(10)22-3)16(19)18-14(17(20)21)12-5-4-6-23-9-12/h7-8,12,14H,4-6,9H2,1-3H3,(H,18,19)(H,20,21)/t12-,14-/m1/s1. The van der Waals surface area contributed by atoms with Crippen molar-refractivity contribution in [1.29, 1.82) is 0 Å². The average Bonchev–Trinajstić information content (AvgIpc) is 2.52. The lowest BCUT2D eigenvalue weighted by atomic mass is 9.93. The van der Waals surface area contributed by atoms with Gasteiger partial charge in [-0.25, -0.2) is 4.79 Å². The Morgan fingerprint density at radius 1 is 1.35 bits per heavy atom. The van der Waals surface area contributed by atoms with Gasteiger partial charge >= 0.3 is 5.97 Å². The van der Waals surface area contributed by atoms with Crippen LogP contribution in [-0.4, -0.2) is 43.3 Å². The summed E-state index contributed by atoms with van der Waals surface area (Å²) in [6.07, 6.45) is 1.54. The van der Waals surface area contributed by atoms with Gasteiger partial charge in [-0.1, -0.05) is 0 Å². The molecule has 1 amide bonds. The molecule has 2 N–H and O–H groups in total. The molecule has 2 atom stereocenters. The molecule has 0 spiro atoms. The minimum atomic E-state index is -1.03. The van der Waals surface area contributed by atoms with Crippen LogP contribution in [0.5, 0.6) is 5.75 Å². The fourth-order valence-corrected chi connectivity index (χ4v) is 3.04. The molecule has 6 heteroatoms. The van der Waals surface area contributed by atoms with E-state index in [0.29, 0.717) is 18.8 Å². The Hall–Kier alpha value is -2.08. The van der Waals surface area contributed by atoms with Gasteiger partial charge in [0.2, 0.25) is 0 Å². The second-order valence-corrected chi connectivity index (χ2v) is 5.91. The number of rotatable bonds is 5. The zero-order chi connectivity index (χ0) is 17.0. The molecule has 0 unspecified atom stereocenters. The van der Waals surface area contributed by atoms with Crippen LogP contribution in [0.3, 0.4) is 0 Å². The van der Waals surface area contributed by atoms with Gasteiger partial charge in [-0.3, -0.25) is 4.79 Å². The van der Waals surface area contributed by atoms with Gasteiger partial charge in [0, 0.05) is 18.1 Å². The first-order valence-electron chi connectivity index (χ1n) is 7.70. The van der Waals surface area contributed by atoms with Crippen LogP contribution < -0.4 is 10.1 Å². The number of hydrogen-bond acceptors (Lipinski definition) is 4. The van der Waals surface area contributed by atoms with Gasteiger partial charge in [0.1, 0.15) is 11.8 Å². The topological polar surface area (TPSA) is 84.9 Å². The maximum atomic E-state index is 12.5. The van der Waals surface area contributed by atoms with E-state index >= 15 is 0 Å². The van der Waals surface area contributed by atoms with Crippen molar-refractivity contribution in [2.45, 2.75) is 32.7 Å². The van der Waals surface area contributed by atoms with E-state index in [9.17, 15) is 14.7 Å². The Kier molecular flexibility index (Phi) is 5.60. The zero-order valence-electron chi connectivity index (χ0n) is 13.7. The van der Waals surface area contributed by atoms with Crippen molar-refractivity contribution in [2.75, 3.05) is 20.3 Å². The highest BCUT2D eigenvalue weighted by Gasteiger charge is 2.31. The lowest BCUT2D eigenvalue weighted by Gasteiger charge is -2.28. The fraction of sp³-hybridized carbons (Fsp3) is 0.529. The summed E-state index contributed by atoms with van der Waals surface area (Å²) in [4.78, 5) is 24.0. The molecule has 1 fully saturated rings. The number of carbonyl (C=O) groups excluding carboxylic acids is 1. The maximum Gasteiger partial charge on any atom is 0.326 e. The van der Waals surface area contributed by atoms with Crippen LogP contribution in [0.2, 0.25) is 0 Å². The van der Waals surface area contributed by atoms with E-state index in [2.05, 4.69) is 5.32 Å². The smallest absolute Gasteiger partial charge is 0.326 e. The van der Waals surface area contributed by atoms with E-state index in [0.717, 1.165) is 29.7 Å². The summed E-state index contributed by atoms with van der Waals surface area (Å²) in [6, 6.07) is 2.47. The molecule has 1 aliphatic heterocycles. The van der Waals surface area contributed by atoms with Gasteiger partial charge in [0.05, 0.1) is 13.7 Å². The van der Waals surface area contributed by atoms with Crippen molar-refractivity contribution >= 4 is 11.9 Å². The molecular formula is C17H23NO5. The first-order chi connectivity index (χ1) is 10.9. The normalized spacial score (nSPS) is 19.0. The van der Waals surface area contributed by atoms with Gasteiger partial charge in [-0.15, -0.1) is 0 Å². The third-order valence-electron chi connectivity index (χ3n) is 4.15. The molecule has 1 saturated heterocycles. The minimum Gasteiger partial charge on any atom is -0.496 e. The number of carbonyl (C=O) groups is 2. The Bertz CT molecular complexity index is 570. The Morgan fingerprint density at radius 3 is 2.48 bits per heavy atom. The monoisotopic (exact) mass is 321 g/mol. The molecule has 1 heterocycles. The summed E-state index contributed by atoms with van der Waals surface area (Å²) in [7, 11) is 1.58. The van der Waals surface area contributed by atoms with Crippen molar-refractivity contribution in [1.82, 2.24) is 5.32 Å². The van der Waals surface area contributed by atoms with Crippen molar-refractivity contribution in [2.24, 2.45) is 5.92 Å². The molecule has 23 heavy (non-hydrogen) atoms. The van der Waals surface area contributed by atoms with Crippen LogP contribution in [0.4, 0.5) is 0 Å². The molecule has 1 aromatic carbocycles. The van der Waals surface area contributed by atoms with E-state index in [4.69, 9.17) is 9.47 Å². The van der Waals surface area contributed by atoms with E-state index < -0.39 is 17.9 Å². The average molecular weight is 321 g/mol. The van der Waals surface area contributed by atoms with Crippen molar-refractivity contribution in [3.05, 3.63) is 28.8 Å². The fourth-order valence-electron chi connectivity index (χ4n) is 3.04. The molecule has 1 aromatic rings. The summed E-state index contributed by atoms with van der Waals surface area (Å²) in [5.41, 5.74) is 2.11. The van der Waals surface area contributed by atoms with Crippen molar-refractivity contribution in [3.63, 3.8) is 0 Å². The molecule has 0 aromatic heterocycles. The number of amides is 1. The zero-order valence-corrected chi connectivity index (χ0v) is 13.7. The molecule has 0 saturated carbocycles. The van der Waals surface area contributed by atoms with Gasteiger partial charge in [0.15, 0.2) is 0 Å². The molecule has 0 aliphatic carbocycles. The summed E-state index contributed by atoms with van der Waals surface area (Å²) in [5, 5.41) is 12.1. The third-order valence-corrected chi connectivity index (χ3v) is 4.15. The number of carboxylic acid groups (broad SMARTS) is 1. The number of aliphatic carboxylic acids is 1. The van der Waals surface area contributed by atoms with Gasteiger partial charge in [0.25, 0.3) is 5.91 Å². The highest BCUT2D eigenvalue weighted by molar-refractivity contribution is 5.97. The highest BCUT2D eigenvalue weighted by Crippen LogP contribution is 2.25. The predicted molar refractivity (Wildman–Crippen MR) is 84.9 cm³/mol. The second-order valence-electron chi connectivity index (χ2n) is 5.91. The lowest BCUT2D eigenvalue weighted by Crippen LogP contribution is -2.48. The molecule has 126 valence electrons. The van der Waals surface area contributed by atoms with Gasteiger partial charge < -0.3 is 19.9 Å². The Morgan fingerprint density at radius 2 is 2.00 bits per heavy atom. The number of methoxy groups -OCH3 is 1. The number of aryl methyl sites for hydroxylation is 2. The van der Waals surface area contributed by atoms with Crippen LogP contribution in [0.15, 0.2) is 12.1 Å². The van der Waals surface area contributed by atoms with E-state index in [1.165, 1.54) is 0 Å². The number of ether oxygens (including phenoxy) is 2. The molecule has 1 aliphatic rings. The van der Waals surface area contributed by atoms with Crippen molar-refractivity contribution < 1.29 is 24.2 Å². The Labute approximate surface area is 135 Å². The van der Waals surface area contributed by atoms with E-state index in [1.807, 2.05) is 13.8 Å². The summed E-state index contributed by atoms with van der Waals surface area (Å²) < 4.78 is 10.6. The molecule has 6 nitrogen and oxygen atoms in total. The van der Waals surface area contributed by atoms with Gasteiger partial charge in [-0.05, 0) is 49.9 Å². The lowest BCUT2D eigenvalue weighted by molar-refractivity contribution is -0.142. The minimum absolute atomic E-state index is 0.203. The number of nitrogens with one attached hydrogen (secondary N) is 1. The number of benzene rings is 1. The Balaban J connectivity index is 2.17. The van der Waals surface area contributed by atoms with Gasteiger partial charge in [-0.2, -0.15) is 0 Å². The number of carboxylic acids is 1. The van der Waals surface area contributed by atoms with Crippen LogP contribution in [-0.2, 0) is 9.53 Å². The SMILES string of the molecule is COc1c(C)cc(C(=O)N[C@@H](C(=O)O)[C@@H]2CCCOC2)cc1C. The largest absolute Gasteiger partial charge is 0.496 e. The van der Waals surface area contributed by atoms with Crippen LogP contribution in [0.25, 0.3) is 0 Å². The third kappa shape index (κ3) is 4.01. The highest BCUT2D eigenvalue weighted by atomic mass is 16.5. The summed E-state index contributed by atoms with van der Waals surface area (Å²) >= 11 is 0.